The van der Waals surface area contributed by atoms with Crippen LogP contribution in [0.3, 0.4) is 0 Å². The van der Waals surface area contributed by atoms with Gasteiger partial charge in [0.15, 0.2) is 0 Å². The second kappa shape index (κ2) is 8.61. The molecule has 0 fully saturated rings. The number of carboxylic acid groups (broad SMARTS) is 1. The first-order valence-corrected chi connectivity index (χ1v) is 6.92. The zero-order valence-electron chi connectivity index (χ0n) is 12.1. The van der Waals surface area contributed by atoms with E-state index >= 15 is 0 Å². The molecule has 1 amide bonds. The van der Waals surface area contributed by atoms with E-state index in [-0.39, 0.29) is 12.3 Å². The third-order valence-corrected chi connectivity index (χ3v) is 2.98. The van der Waals surface area contributed by atoms with Crippen LogP contribution in [0.25, 0.3) is 0 Å². The van der Waals surface area contributed by atoms with Gasteiger partial charge < -0.3 is 20.6 Å². The number of amides is 1. The average molecular weight is 314 g/mol. The van der Waals surface area contributed by atoms with Gasteiger partial charge in [-0.25, -0.2) is 0 Å². The van der Waals surface area contributed by atoms with Crippen molar-refractivity contribution >= 4 is 29.2 Å². The van der Waals surface area contributed by atoms with Crippen molar-refractivity contribution in [1.82, 2.24) is 10.2 Å². The number of hydrogen-bond acceptors (Lipinski definition) is 4. The Morgan fingerprint density at radius 1 is 1.38 bits per heavy atom. The Hall–Kier alpha value is -1.63. The maximum atomic E-state index is 11.9. The normalized spacial score (nSPS) is 12.2. The lowest BCUT2D eigenvalue weighted by molar-refractivity contribution is -0.141. The molecule has 0 aliphatic carbocycles. The fraction of sp³-hybridized carbons (Fsp3) is 0.429. The Balaban J connectivity index is 2.50. The number of hydrogen-bond donors (Lipinski definition) is 3. The average Bonchev–Trinajstić information content (AvgIpc) is 2.36. The Morgan fingerprint density at radius 3 is 2.67 bits per heavy atom. The SMILES string of the molecule is CN(C)CCN[C@H](CC(=O)Nc1cccc(Cl)c1)C(=O)O. The summed E-state index contributed by atoms with van der Waals surface area (Å²) in [4.78, 5) is 24.9. The third kappa shape index (κ3) is 7.08. The summed E-state index contributed by atoms with van der Waals surface area (Å²) < 4.78 is 0. The molecule has 0 spiro atoms. The number of benzene rings is 1. The molecule has 0 bridgehead atoms. The van der Waals surface area contributed by atoms with E-state index < -0.39 is 12.0 Å². The molecule has 3 N–H and O–H groups in total. The van der Waals surface area contributed by atoms with Gasteiger partial charge in [0.2, 0.25) is 5.91 Å². The van der Waals surface area contributed by atoms with Gasteiger partial charge in [0.05, 0.1) is 6.42 Å². The fourth-order valence-electron chi connectivity index (χ4n) is 1.67. The Labute approximate surface area is 129 Å². The van der Waals surface area contributed by atoms with E-state index in [4.69, 9.17) is 16.7 Å². The molecule has 0 aliphatic rings. The summed E-state index contributed by atoms with van der Waals surface area (Å²) in [6.07, 6.45) is -0.144. The molecule has 0 aromatic heterocycles. The zero-order valence-corrected chi connectivity index (χ0v) is 12.9. The van der Waals surface area contributed by atoms with Gasteiger partial charge >= 0.3 is 5.97 Å². The van der Waals surface area contributed by atoms with Crippen molar-refractivity contribution in [2.45, 2.75) is 12.5 Å². The lowest BCUT2D eigenvalue weighted by atomic mass is 10.2. The topological polar surface area (TPSA) is 81.7 Å². The van der Waals surface area contributed by atoms with Crippen molar-refractivity contribution in [2.24, 2.45) is 0 Å². The maximum absolute atomic E-state index is 11.9. The zero-order chi connectivity index (χ0) is 15.8. The highest BCUT2D eigenvalue weighted by Gasteiger charge is 2.20. The van der Waals surface area contributed by atoms with Gasteiger partial charge in [0.1, 0.15) is 6.04 Å². The monoisotopic (exact) mass is 313 g/mol. The number of carbonyl (C=O) groups excluding carboxylic acids is 1. The molecule has 6 nitrogen and oxygen atoms in total. The first kappa shape index (κ1) is 17.4. The van der Waals surface area contributed by atoms with Crippen LogP contribution in [0.1, 0.15) is 6.42 Å². The molecule has 1 aromatic rings. The van der Waals surface area contributed by atoms with E-state index in [2.05, 4.69) is 10.6 Å². The van der Waals surface area contributed by atoms with Crippen LogP contribution in [0.2, 0.25) is 5.02 Å². The van der Waals surface area contributed by atoms with E-state index in [0.29, 0.717) is 23.8 Å². The molecule has 1 aromatic carbocycles. The minimum atomic E-state index is -1.05. The number of rotatable bonds is 8. The highest BCUT2D eigenvalue weighted by Crippen LogP contribution is 2.15. The summed E-state index contributed by atoms with van der Waals surface area (Å²) in [5, 5.41) is 15.1. The molecular weight excluding hydrogens is 294 g/mol. The van der Waals surface area contributed by atoms with Crippen LogP contribution in [0, 0.1) is 0 Å². The van der Waals surface area contributed by atoms with Crippen molar-refractivity contribution < 1.29 is 14.7 Å². The van der Waals surface area contributed by atoms with E-state index in [1.807, 2.05) is 19.0 Å². The number of aliphatic carboxylic acids is 1. The third-order valence-electron chi connectivity index (χ3n) is 2.75. The molecule has 0 radical (unpaired) electrons. The summed E-state index contributed by atoms with van der Waals surface area (Å²) in [7, 11) is 3.78. The van der Waals surface area contributed by atoms with Gasteiger partial charge in [-0.1, -0.05) is 17.7 Å². The maximum Gasteiger partial charge on any atom is 0.321 e. The van der Waals surface area contributed by atoms with Gasteiger partial charge in [0.25, 0.3) is 0 Å². The number of carbonyl (C=O) groups is 2. The summed E-state index contributed by atoms with van der Waals surface area (Å²) >= 11 is 5.82. The smallest absolute Gasteiger partial charge is 0.321 e. The van der Waals surface area contributed by atoms with Crippen molar-refractivity contribution in [3.63, 3.8) is 0 Å². The van der Waals surface area contributed by atoms with E-state index in [0.717, 1.165) is 0 Å². The lowest BCUT2D eigenvalue weighted by Gasteiger charge is -2.16. The molecule has 0 heterocycles. The first-order chi connectivity index (χ1) is 9.88. The van der Waals surface area contributed by atoms with E-state index in [9.17, 15) is 9.59 Å². The van der Waals surface area contributed by atoms with E-state index in [1.54, 1.807) is 24.3 Å². The molecule has 7 heteroatoms. The van der Waals surface area contributed by atoms with Crippen LogP contribution in [0.4, 0.5) is 5.69 Å². The second-order valence-electron chi connectivity index (χ2n) is 4.91. The van der Waals surface area contributed by atoms with Crippen molar-refractivity contribution in [2.75, 3.05) is 32.5 Å². The van der Waals surface area contributed by atoms with Crippen LogP contribution >= 0.6 is 11.6 Å². The van der Waals surface area contributed by atoms with Gasteiger partial charge in [-0.3, -0.25) is 9.59 Å². The second-order valence-corrected chi connectivity index (χ2v) is 5.35. The highest BCUT2D eigenvalue weighted by atomic mass is 35.5. The molecule has 0 aliphatic heterocycles. The van der Waals surface area contributed by atoms with Crippen molar-refractivity contribution in [3.05, 3.63) is 29.3 Å². The van der Waals surface area contributed by atoms with Crippen LogP contribution in [0.5, 0.6) is 0 Å². The standard InChI is InChI=1S/C14H20ClN3O3/c1-18(2)7-6-16-12(14(20)21)9-13(19)17-11-5-3-4-10(15)8-11/h3-5,8,12,16H,6-7,9H2,1-2H3,(H,17,19)(H,20,21)/t12-/m1/s1. The van der Waals surface area contributed by atoms with Crippen molar-refractivity contribution in [1.29, 1.82) is 0 Å². The quantitative estimate of drug-likeness (QED) is 0.673. The summed E-state index contributed by atoms with van der Waals surface area (Å²) in [6.45, 7) is 1.19. The minimum absolute atomic E-state index is 0.144. The highest BCUT2D eigenvalue weighted by molar-refractivity contribution is 6.30. The molecule has 0 saturated heterocycles. The lowest BCUT2D eigenvalue weighted by Crippen LogP contribution is -2.42. The Morgan fingerprint density at radius 2 is 2.10 bits per heavy atom. The minimum Gasteiger partial charge on any atom is -0.480 e. The predicted molar refractivity (Wildman–Crippen MR) is 82.7 cm³/mol. The number of halogens is 1. The molecular formula is C14H20ClN3O3. The van der Waals surface area contributed by atoms with Crippen molar-refractivity contribution in [3.8, 4) is 0 Å². The molecule has 0 saturated carbocycles. The number of carboxylic acids is 1. The molecule has 21 heavy (non-hydrogen) atoms. The van der Waals surface area contributed by atoms with E-state index in [1.165, 1.54) is 0 Å². The molecule has 0 unspecified atom stereocenters. The first-order valence-electron chi connectivity index (χ1n) is 6.55. The van der Waals surface area contributed by atoms with Crippen LogP contribution in [-0.2, 0) is 9.59 Å². The summed E-state index contributed by atoms with van der Waals surface area (Å²) in [5.41, 5.74) is 0.546. The van der Waals surface area contributed by atoms with Gasteiger partial charge in [-0.05, 0) is 32.3 Å². The Bertz CT molecular complexity index is 494. The molecule has 116 valence electrons. The Kier molecular flexibility index (Phi) is 7.14. The van der Waals surface area contributed by atoms with Crippen LogP contribution < -0.4 is 10.6 Å². The summed E-state index contributed by atoms with van der Waals surface area (Å²) in [5.74, 6) is -1.42. The number of nitrogens with one attached hydrogen (secondary N) is 2. The van der Waals surface area contributed by atoms with Gasteiger partial charge in [0, 0.05) is 23.8 Å². The van der Waals surface area contributed by atoms with Gasteiger partial charge in [-0.15, -0.1) is 0 Å². The molecule has 1 rings (SSSR count). The molecule has 1 atom stereocenters. The number of nitrogens with zero attached hydrogens (tertiary/aromatic N) is 1. The number of likely N-dealkylation sites (N-methyl/N-ethyl adjacent to an activating group) is 1. The number of anilines is 1. The fourth-order valence-corrected chi connectivity index (χ4v) is 1.86. The largest absolute Gasteiger partial charge is 0.480 e. The van der Waals surface area contributed by atoms with Crippen LogP contribution in [-0.4, -0.2) is 55.1 Å². The summed E-state index contributed by atoms with van der Waals surface area (Å²) in [6, 6.07) is 5.79. The van der Waals surface area contributed by atoms with Gasteiger partial charge in [-0.2, -0.15) is 0 Å². The predicted octanol–water partition coefficient (Wildman–Crippen LogP) is 1.27. The van der Waals surface area contributed by atoms with Crippen LogP contribution in [0.15, 0.2) is 24.3 Å².